The molecule has 1 heterocycles. The van der Waals surface area contributed by atoms with Gasteiger partial charge in [-0.1, -0.05) is 24.3 Å². The summed E-state index contributed by atoms with van der Waals surface area (Å²) < 4.78 is 0. The second kappa shape index (κ2) is 6.31. The lowest BCUT2D eigenvalue weighted by molar-refractivity contribution is -0.118. The van der Waals surface area contributed by atoms with E-state index in [4.69, 9.17) is 0 Å². The highest BCUT2D eigenvalue weighted by Crippen LogP contribution is 2.21. The molecule has 3 rings (SSSR count). The molecule has 0 saturated carbocycles. The Morgan fingerprint density at radius 2 is 1.87 bits per heavy atom. The van der Waals surface area contributed by atoms with Crippen molar-refractivity contribution >= 4 is 28.9 Å². The van der Waals surface area contributed by atoms with Crippen molar-refractivity contribution in [2.45, 2.75) is 12.8 Å². The van der Waals surface area contributed by atoms with Crippen LogP contribution in [0.25, 0.3) is 0 Å². The number of hydrogen-bond acceptors (Lipinski definition) is 4. The van der Waals surface area contributed by atoms with Crippen molar-refractivity contribution in [3.05, 3.63) is 54.6 Å². The Kier molecular flexibility index (Phi) is 4.05. The molecule has 0 spiro atoms. The van der Waals surface area contributed by atoms with E-state index in [0.717, 1.165) is 0 Å². The van der Waals surface area contributed by atoms with Crippen molar-refractivity contribution in [3.8, 4) is 5.75 Å². The fourth-order valence-electron chi connectivity index (χ4n) is 2.27. The van der Waals surface area contributed by atoms with Crippen molar-refractivity contribution in [2.24, 2.45) is 5.10 Å². The number of hydrogen-bond donors (Lipinski definition) is 2. The molecular formula is C17H15N3O3. The number of phenols is 1. The molecule has 116 valence electrons. The van der Waals surface area contributed by atoms with Crippen LogP contribution in [-0.2, 0) is 9.59 Å². The van der Waals surface area contributed by atoms with Crippen LogP contribution >= 0.6 is 0 Å². The zero-order valence-electron chi connectivity index (χ0n) is 12.3. The van der Waals surface area contributed by atoms with E-state index in [1.165, 1.54) is 17.1 Å². The fourth-order valence-corrected chi connectivity index (χ4v) is 2.27. The molecule has 0 bridgehead atoms. The van der Waals surface area contributed by atoms with Gasteiger partial charge >= 0.3 is 0 Å². The van der Waals surface area contributed by atoms with Crippen molar-refractivity contribution in [1.82, 2.24) is 0 Å². The lowest BCUT2D eigenvalue weighted by atomic mass is 10.1. The summed E-state index contributed by atoms with van der Waals surface area (Å²) in [6.07, 6.45) is 0.508. The zero-order chi connectivity index (χ0) is 16.2. The number of para-hydroxylation sites is 1. The Morgan fingerprint density at radius 3 is 2.61 bits per heavy atom. The van der Waals surface area contributed by atoms with Gasteiger partial charge in [0.1, 0.15) is 11.5 Å². The molecule has 0 aromatic heterocycles. The molecule has 2 aromatic carbocycles. The van der Waals surface area contributed by atoms with Gasteiger partial charge < -0.3 is 10.4 Å². The number of aromatic hydroxyl groups is 1. The summed E-state index contributed by atoms with van der Waals surface area (Å²) in [6.45, 7) is 0. The average molecular weight is 309 g/mol. The number of nitrogens with one attached hydrogen (secondary N) is 1. The Hall–Kier alpha value is -3.15. The van der Waals surface area contributed by atoms with Crippen molar-refractivity contribution in [3.63, 3.8) is 0 Å². The summed E-state index contributed by atoms with van der Waals surface area (Å²) in [6, 6.07) is 15.2. The standard InChI is InChI=1S/C17H15N3O3/c21-14-8-4-5-12(11-14)18-17(23)15-9-10-16(22)20(19-15)13-6-2-1-3-7-13/h1-8,11,21H,9-10H2,(H,18,23). The number of phenolic OH excluding ortho intramolecular Hbond substituents is 1. The van der Waals surface area contributed by atoms with Gasteiger partial charge in [0, 0.05) is 24.6 Å². The van der Waals surface area contributed by atoms with Gasteiger partial charge in [0.2, 0.25) is 5.91 Å². The minimum absolute atomic E-state index is 0.0643. The molecule has 2 amide bonds. The fraction of sp³-hybridized carbons (Fsp3) is 0.118. The highest BCUT2D eigenvalue weighted by atomic mass is 16.3. The van der Waals surface area contributed by atoms with E-state index in [2.05, 4.69) is 10.4 Å². The van der Waals surface area contributed by atoms with Gasteiger partial charge in [-0.3, -0.25) is 9.59 Å². The summed E-state index contributed by atoms with van der Waals surface area (Å²) in [7, 11) is 0. The molecule has 0 atom stereocenters. The lowest BCUT2D eigenvalue weighted by Crippen LogP contribution is -2.36. The number of benzene rings is 2. The molecule has 6 heteroatoms. The normalized spacial score (nSPS) is 14.3. The van der Waals surface area contributed by atoms with E-state index in [0.29, 0.717) is 11.4 Å². The van der Waals surface area contributed by atoms with Crippen LogP contribution in [0.15, 0.2) is 59.7 Å². The monoisotopic (exact) mass is 309 g/mol. The number of carbonyl (C=O) groups is 2. The van der Waals surface area contributed by atoms with Crippen LogP contribution in [0.3, 0.4) is 0 Å². The molecule has 0 radical (unpaired) electrons. The number of nitrogens with zero attached hydrogens (tertiary/aromatic N) is 2. The molecule has 0 fully saturated rings. The maximum atomic E-state index is 12.3. The van der Waals surface area contributed by atoms with Crippen LogP contribution in [0.4, 0.5) is 11.4 Å². The van der Waals surface area contributed by atoms with Gasteiger partial charge in [-0.25, -0.2) is 5.01 Å². The highest BCUT2D eigenvalue weighted by Gasteiger charge is 2.25. The summed E-state index contributed by atoms with van der Waals surface area (Å²) in [5, 5.41) is 17.5. The quantitative estimate of drug-likeness (QED) is 0.914. The topological polar surface area (TPSA) is 82.0 Å². The van der Waals surface area contributed by atoms with Gasteiger partial charge in [0.05, 0.1) is 5.69 Å². The number of amides is 2. The molecule has 23 heavy (non-hydrogen) atoms. The molecule has 2 aromatic rings. The van der Waals surface area contributed by atoms with Gasteiger partial charge in [-0.05, 0) is 24.3 Å². The lowest BCUT2D eigenvalue weighted by Gasteiger charge is -2.23. The summed E-state index contributed by atoms with van der Waals surface area (Å²) in [5.41, 5.74) is 1.37. The zero-order valence-corrected chi connectivity index (χ0v) is 12.3. The number of hydrazone groups is 1. The van der Waals surface area contributed by atoms with Crippen LogP contribution in [0, 0.1) is 0 Å². The first kappa shape index (κ1) is 14.8. The van der Waals surface area contributed by atoms with Crippen molar-refractivity contribution < 1.29 is 14.7 Å². The van der Waals surface area contributed by atoms with Gasteiger partial charge in [-0.2, -0.15) is 5.10 Å². The third-order valence-corrected chi connectivity index (χ3v) is 3.40. The minimum Gasteiger partial charge on any atom is -0.508 e. The van der Waals surface area contributed by atoms with Crippen molar-refractivity contribution in [2.75, 3.05) is 10.3 Å². The van der Waals surface area contributed by atoms with Crippen LogP contribution in [0.2, 0.25) is 0 Å². The first-order valence-corrected chi connectivity index (χ1v) is 7.19. The molecule has 0 saturated heterocycles. The molecule has 1 aliphatic rings. The Bertz CT molecular complexity index is 772. The first-order chi connectivity index (χ1) is 11.1. The van der Waals surface area contributed by atoms with Gasteiger partial charge in [0.25, 0.3) is 5.91 Å². The predicted octanol–water partition coefficient (Wildman–Crippen LogP) is 2.51. The van der Waals surface area contributed by atoms with E-state index < -0.39 is 0 Å². The molecular weight excluding hydrogens is 294 g/mol. The van der Waals surface area contributed by atoms with E-state index in [1.54, 1.807) is 36.4 Å². The maximum Gasteiger partial charge on any atom is 0.271 e. The van der Waals surface area contributed by atoms with Gasteiger partial charge in [0.15, 0.2) is 0 Å². The second-order valence-electron chi connectivity index (χ2n) is 5.09. The second-order valence-corrected chi connectivity index (χ2v) is 5.09. The average Bonchev–Trinajstić information content (AvgIpc) is 2.56. The molecule has 0 aliphatic carbocycles. The van der Waals surface area contributed by atoms with E-state index in [-0.39, 0.29) is 36.1 Å². The number of rotatable bonds is 3. The summed E-state index contributed by atoms with van der Waals surface area (Å²) in [4.78, 5) is 24.3. The molecule has 6 nitrogen and oxygen atoms in total. The summed E-state index contributed by atoms with van der Waals surface area (Å²) >= 11 is 0. The smallest absolute Gasteiger partial charge is 0.271 e. The Labute approximate surface area is 133 Å². The molecule has 1 aliphatic heterocycles. The molecule has 2 N–H and O–H groups in total. The van der Waals surface area contributed by atoms with E-state index in [1.807, 2.05) is 6.07 Å². The van der Waals surface area contributed by atoms with Crippen LogP contribution in [-0.4, -0.2) is 22.6 Å². The highest BCUT2D eigenvalue weighted by molar-refractivity contribution is 6.44. The third-order valence-electron chi connectivity index (χ3n) is 3.40. The van der Waals surface area contributed by atoms with Crippen molar-refractivity contribution in [1.29, 1.82) is 0 Å². The van der Waals surface area contributed by atoms with Crippen LogP contribution in [0.5, 0.6) is 5.75 Å². The van der Waals surface area contributed by atoms with Crippen LogP contribution < -0.4 is 10.3 Å². The number of anilines is 2. The third kappa shape index (κ3) is 3.37. The predicted molar refractivity (Wildman–Crippen MR) is 87.3 cm³/mol. The van der Waals surface area contributed by atoms with Gasteiger partial charge in [-0.15, -0.1) is 0 Å². The van der Waals surface area contributed by atoms with E-state index >= 15 is 0 Å². The van der Waals surface area contributed by atoms with Crippen LogP contribution in [0.1, 0.15) is 12.8 Å². The molecule has 0 unspecified atom stereocenters. The van der Waals surface area contributed by atoms with E-state index in [9.17, 15) is 14.7 Å². The first-order valence-electron chi connectivity index (χ1n) is 7.19. The Morgan fingerprint density at radius 1 is 1.09 bits per heavy atom. The maximum absolute atomic E-state index is 12.3. The SMILES string of the molecule is O=C(Nc1cccc(O)c1)C1=NN(c2ccccc2)C(=O)CC1. The Balaban J connectivity index is 1.81. The largest absolute Gasteiger partial charge is 0.508 e. The minimum atomic E-state index is -0.385. The summed E-state index contributed by atoms with van der Waals surface area (Å²) in [5.74, 6) is -0.469. The number of carbonyl (C=O) groups excluding carboxylic acids is 2.